The van der Waals surface area contributed by atoms with E-state index >= 15 is 0 Å². The van der Waals surface area contributed by atoms with Crippen LogP contribution in [0, 0.1) is 0 Å². The first kappa shape index (κ1) is 11.9. The molecule has 0 radical (unpaired) electrons. The summed E-state index contributed by atoms with van der Waals surface area (Å²) in [4.78, 5) is 9.90. The van der Waals surface area contributed by atoms with E-state index in [1.165, 1.54) is 0 Å². The van der Waals surface area contributed by atoms with Gasteiger partial charge < -0.3 is 7.16 Å². The zero-order valence-corrected chi connectivity index (χ0v) is 8.83. The standard InChI is InChI=1S/C4H7NOS.K.H/c1-2-3-7-4(5)6;;/h2H,1,3H2,(H2,5,6);;/q;+1;-1. The van der Waals surface area contributed by atoms with Crippen LogP contribution in [0.25, 0.3) is 0 Å². The first-order valence-corrected chi connectivity index (χ1v) is 2.79. The maximum atomic E-state index is 9.90. The average Bonchev–Trinajstić information content (AvgIpc) is 1.61. The molecular formula is C4H8KNOS. The van der Waals surface area contributed by atoms with Gasteiger partial charge >= 0.3 is 51.4 Å². The molecule has 8 heavy (non-hydrogen) atoms. The minimum Gasteiger partial charge on any atom is -1.00 e. The number of hydrogen-bond acceptors (Lipinski definition) is 2. The first-order chi connectivity index (χ1) is 3.27. The van der Waals surface area contributed by atoms with Gasteiger partial charge in [0.1, 0.15) is 0 Å². The van der Waals surface area contributed by atoms with Crippen molar-refractivity contribution < 1.29 is 57.6 Å². The molecule has 0 aromatic carbocycles. The molecule has 2 nitrogen and oxygen atoms in total. The van der Waals surface area contributed by atoms with Crippen LogP contribution >= 0.6 is 11.8 Å². The molecule has 0 fully saturated rings. The molecule has 0 heterocycles. The summed E-state index contributed by atoms with van der Waals surface area (Å²) >= 11 is 1.05. The maximum absolute atomic E-state index is 9.90. The molecule has 2 N–H and O–H groups in total. The van der Waals surface area contributed by atoms with Crippen molar-refractivity contribution in [1.82, 2.24) is 0 Å². The van der Waals surface area contributed by atoms with Gasteiger partial charge in [-0.15, -0.1) is 6.58 Å². The smallest absolute Gasteiger partial charge is 1.00 e. The SMILES string of the molecule is C=CCSC(N)=O.[H-].[K+]. The van der Waals surface area contributed by atoms with E-state index in [1.54, 1.807) is 6.08 Å². The van der Waals surface area contributed by atoms with E-state index in [-0.39, 0.29) is 58.1 Å². The number of amides is 1. The minimum atomic E-state index is -0.347. The monoisotopic (exact) mass is 157 g/mol. The number of hydrogen-bond donors (Lipinski definition) is 1. The summed E-state index contributed by atoms with van der Waals surface area (Å²) in [5, 5.41) is -0.347. The fourth-order valence-electron chi connectivity index (χ4n) is 0.141. The Balaban J connectivity index is -0.000000180. The summed E-state index contributed by atoms with van der Waals surface area (Å²) in [5.74, 6) is 0.606. The normalized spacial score (nSPS) is 7.00. The Labute approximate surface area is 97.2 Å². The summed E-state index contributed by atoms with van der Waals surface area (Å²) in [6.45, 7) is 3.40. The van der Waals surface area contributed by atoms with Gasteiger partial charge in [0.25, 0.3) is 5.24 Å². The van der Waals surface area contributed by atoms with Gasteiger partial charge in [-0.05, 0) is 0 Å². The molecule has 0 aliphatic rings. The van der Waals surface area contributed by atoms with Crippen molar-refractivity contribution in [1.29, 1.82) is 0 Å². The van der Waals surface area contributed by atoms with Crippen molar-refractivity contribution in [3.8, 4) is 0 Å². The van der Waals surface area contributed by atoms with Gasteiger partial charge in [0.2, 0.25) is 0 Å². The van der Waals surface area contributed by atoms with Crippen LogP contribution in [0.5, 0.6) is 0 Å². The van der Waals surface area contributed by atoms with Crippen LogP contribution in [-0.4, -0.2) is 11.0 Å². The second-order valence-corrected chi connectivity index (χ2v) is 1.94. The molecule has 0 rings (SSSR count). The quantitative estimate of drug-likeness (QED) is 0.376. The Bertz CT molecular complexity index is 90.6. The van der Waals surface area contributed by atoms with E-state index in [0.29, 0.717) is 5.75 Å². The van der Waals surface area contributed by atoms with Crippen molar-refractivity contribution in [2.75, 3.05) is 5.75 Å². The first-order valence-electron chi connectivity index (χ1n) is 1.80. The molecule has 0 aliphatic carbocycles. The van der Waals surface area contributed by atoms with Gasteiger partial charge in [0.15, 0.2) is 0 Å². The second-order valence-electron chi connectivity index (χ2n) is 0.919. The summed E-state index contributed by atoms with van der Waals surface area (Å²) in [5.41, 5.74) is 4.75. The van der Waals surface area contributed by atoms with Crippen molar-refractivity contribution in [3.63, 3.8) is 0 Å². The van der Waals surface area contributed by atoms with Gasteiger partial charge in [-0.25, -0.2) is 0 Å². The van der Waals surface area contributed by atoms with Crippen LogP contribution < -0.4 is 57.1 Å². The molecule has 0 spiro atoms. The van der Waals surface area contributed by atoms with Crippen LogP contribution in [0.3, 0.4) is 0 Å². The largest absolute Gasteiger partial charge is 1.00 e. The number of nitrogens with two attached hydrogens (primary N) is 1. The maximum Gasteiger partial charge on any atom is 1.00 e. The Kier molecular flexibility index (Phi) is 12.2. The third-order valence-electron chi connectivity index (χ3n) is 0.343. The van der Waals surface area contributed by atoms with Crippen LogP contribution in [0.4, 0.5) is 4.79 Å². The summed E-state index contributed by atoms with van der Waals surface area (Å²) in [6.07, 6.45) is 1.63. The Morgan fingerprint density at radius 3 is 2.62 bits per heavy atom. The fraction of sp³-hybridized carbons (Fsp3) is 0.250. The number of carbonyl (C=O) groups excluding carboxylic acids is 1. The van der Waals surface area contributed by atoms with Gasteiger partial charge in [-0.2, -0.15) is 0 Å². The molecule has 0 aromatic rings. The topological polar surface area (TPSA) is 43.1 Å². The molecule has 0 saturated heterocycles. The molecule has 0 bridgehead atoms. The predicted molar refractivity (Wildman–Crippen MR) is 33.4 cm³/mol. The van der Waals surface area contributed by atoms with Gasteiger partial charge in [-0.1, -0.05) is 17.8 Å². The molecule has 0 atom stereocenters. The Morgan fingerprint density at radius 1 is 2.00 bits per heavy atom. The van der Waals surface area contributed by atoms with Crippen molar-refractivity contribution in [2.24, 2.45) is 5.73 Å². The van der Waals surface area contributed by atoms with Crippen LogP contribution in [0.2, 0.25) is 0 Å². The number of primary amides is 1. The molecule has 0 aromatic heterocycles. The molecule has 42 valence electrons. The zero-order chi connectivity index (χ0) is 5.70. The van der Waals surface area contributed by atoms with Crippen LogP contribution in [0.1, 0.15) is 1.43 Å². The van der Waals surface area contributed by atoms with E-state index in [9.17, 15) is 4.79 Å². The van der Waals surface area contributed by atoms with Crippen molar-refractivity contribution in [3.05, 3.63) is 12.7 Å². The number of thioether (sulfide) groups is 1. The van der Waals surface area contributed by atoms with Crippen molar-refractivity contribution >= 4 is 17.0 Å². The third kappa shape index (κ3) is 10.2. The Hall–Kier alpha value is 1.20. The second kappa shape index (κ2) is 8.20. The Morgan fingerprint density at radius 2 is 2.50 bits per heavy atom. The molecule has 0 aliphatic heterocycles. The van der Waals surface area contributed by atoms with Gasteiger partial charge in [0, 0.05) is 5.75 Å². The minimum absolute atomic E-state index is 0. The summed E-state index contributed by atoms with van der Waals surface area (Å²) in [6, 6.07) is 0. The van der Waals surface area contributed by atoms with Crippen molar-refractivity contribution in [2.45, 2.75) is 0 Å². The predicted octanol–water partition coefficient (Wildman–Crippen LogP) is -1.90. The molecule has 1 amide bonds. The van der Waals surface area contributed by atoms with E-state index in [4.69, 9.17) is 5.73 Å². The van der Waals surface area contributed by atoms with E-state index in [1.807, 2.05) is 0 Å². The molecular weight excluding hydrogens is 149 g/mol. The fourth-order valence-corrected chi connectivity index (χ4v) is 0.423. The average molecular weight is 157 g/mol. The van der Waals surface area contributed by atoms with Crippen LogP contribution in [0.15, 0.2) is 12.7 Å². The molecule has 4 heteroatoms. The summed E-state index contributed by atoms with van der Waals surface area (Å²) in [7, 11) is 0. The molecule has 0 saturated carbocycles. The van der Waals surface area contributed by atoms with Gasteiger partial charge in [0.05, 0.1) is 0 Å². The zero-order valence-electron chi connectivity index (χ0n) is 5.89. The third-order valence-corrected chi connectivity index (χ3v) is 1.03. The molecule has 0 unspecified atom stereocenters. The van der Waals surface area contributed by atoms with Crippen LogP contribution in [-0.2, 0) is 0 Å². The summed E-state index contributed by atoms with van der Waals surface area (Å²) < 4.78 is 0. The number of carbonyl (C=O) groups is 1. The van der Waals surface area contributed by atoms with E-state index < -0.39 is 0 Å². The van der Waals surface area contributed by atoms with Gasteiger partial charge in [-0.3, -0.25) is 4.79 Å². The van der Waals surface area contributed by atoms with E-state index in [0.717, 1.165) is 11.8 Å². The van der Waals surface area contributed by atoms with E-state index in [2.05, 4.69) is 6.58 Å². The number of rotatable bonds is 2.